The van der Waals surface area contributed by atoms with E-state index in [-0.39, 0.29) is 5.41 Å². The molecular weight excluding hydrogens is 284 g/mol. The van der Waals surface area contributed by atoms with E-state index in [1.807, 2.05) is 0 Å². The fourth-order valence-electron chi connectivity index (χ4n) is 1.21. The standard InChI is InChI=1S/C12H21BrN2S/c1-9(6-13)15(5)7-11-14-10(8-16-11)12(2,3)4/h8-9H,6-7H2,1-5H3. The molecule has 0 saturated carbocycles. The minimum atomic E-state index is 0.161. The Morgan fingerprint density at radius 2 is 2.12 bits per heavy atom. The van der Waals surface area contributed by atoms with Crippen LogP contribution in [0.25, 0.3) is 0 Å². The van der Waals surface area contributed by atoms with Crippen LogP contribution in [-0.2, 0) is 12.0 Å². The van der Waals surface area contributed by atoms with Crippen molar-refractivity contribution in [2.75, 3.05) is 12.4 Å². The molecule has 1 rings (SSSR count). The average molecular weight is 305 g/mol. The summed E-state index contributed by atoms with van der Waals surface area (Å²) < 4.78 is 0. The van der Waals surface area contributed by atoms with Gasteiger partial charge >= 0.3 is 0 Å². The molecule has 92 valence electrons. The van der Waals surface area contributed by atoms with E-state index in [4.69, 9.17) is 4.98 Å². The van der Waals surface area contributed by atoms with Gasteiger partial charge in [-0.25, -0.2) is 4.98 Å². The minimum absolute atomic E-state index is 0.161. The Morgan fingerprint density at radius 1 is 1.50 bits per heavy atom. The van der Waals surface area contributed by atoms with Gasteiger partial charge in [0.25, 0.3) is 0 Å². The van der Waals surface area contributed by atoms with E-state index in [1.54, 1.807) is 11.3 Å². The van der Waals surface area contributed by atoms with Crippen LogP contribution in [0.3, 0.4) is 0 Å². The number of thiazole rings is 1. The summed E-state index contributed by atoms with van der Waals surface area (Å²) in [5.74, 6) is 0. The van der Waals surface area contributed by atoms with E-state index >= 15 is 0 Å². The van der Waals surface area contributed by atoms with Gasteiger partial charge in [-0.3, -0.25) is 4.90 Å². The predicted octanol–water partition coefficient (Wildman–Crippen LogP) is 3.66. The zero-order valence-corrected chi connectivity index (χ0v) is 13.2. The molecule has 0 amide bonds. The van der Waals surface area contributed by atoms with Crippen molar-refractivity contribution in [3.05, 3.63) is 16.1 Å². The summed E-state index contributed by atoms with van der Waals surface area (Å²) in [5.41, 5.74) is 1.36. The zero-order valence-electron chi connectivity index (χ0n) is 10.7. The summed E-state index contributed by atoms with van der Waals surface area (Å²) in [7, 11) is 2.14. The molecule has 1 atom stereocenters. The second-order valence-corrected chi connectivity index (χ2v) is 6.89. The summed E-state index contributed by atoms with van der Waals surface area (Å²) in [5, 5.41) is 4.39. The van der Waals surface area contributed by atoms with Crippen LogP contribution >= 0.6 is 27.3 Å². The maximum atomic E-state index is 4.70. The van der Waals surface area contributed by atoms with Crippen LogP contribution in [0, 0.1) is 0 Å². The van der Waals surface area contributed by atoms with Crippen LogP contribution in [0.1, 0.15) is 38.4 Å². The molecular formula is C12H21BrN2S. The number of aromatic nitrogens is 1. The molecule has 0 saturated heterocycles. The van der Waals surface area contributed by atoms with Crippen molar-refractivity contribution in [3.63, 3.8) is 0 Å². The van der Waals surface area contributed by atoms with Crippen molar-refractivity contribution in [3.8, 4) is 0 Å². The van der Waals surface area contributed by atoms with Crippen LogP contribution in [0.5, 0.6) is 0 Å². The van der Waals surface area contributed by atoms with E-state index in [0.29, 0.717) is 6.04 Å². The highest BCUT2D eigenvalue weighted by Gasteiger charge is 2.18. The van der Waals surface area contributed by atoms with Gasteiger partial charge in [0.1, 0.15) is 5.01 Å². The van der Waals surface area contributed by atoms with Gasteiger partial charge in [0, 0.05) is 22.2 Å². The Morgan fingerprint density at radius 3 is 2.56 bits per heavy atom. The lowest BCUT2D eigenvalue weighted by Gasteiger charge is -2.21. The van der Waals surface area contributed by atoms with Crippen LogP contribution in [0.2, 0.25) is 0 Å². The lowest BCUT2D eigenvalue weighted by Crippen LogP contribution is -2.29. The number of nitrogens with zero attached hydrogens (tertiary/aromatic N) is 2. The van der Waals surface area contributed by atoms with Gasteiger partial charge in [-0.1, -0.05) is 36.7 Å². The Balaban J connectivity index is 2.66. The molecule has 0 aliphatic carbocycles. The molecule has 0 bridgehead atoms. The molecule has 1 heterocycles. The summed E-state index contributed by atoms with van der Waals surface area (Å²) in [4.78, 5) is 7.02. The Hall–Kier alpha value is 0.0700. The molecule has 1 unspecified atom stereocenters. The zero-order chi connectivity index (χ0) is 12.3. The van der Waals surface area contributed by atoms with Crippen molar-refractivity contribution in [1.29, 1.82) is 0 Å². The monoisotopic (exact) mass is 304 g/mol. The molecule has 2 nitrogen and oxygen atoms in total. The molecule has 16 heavy (non-hydrogen) atoms. The van der Waals surface area contributed by atoms with Crippen LogP contribution in [-0.4, -0.2) is 28.3 Å². The number of hydrogen-bond acceptors (Lipinski definition) is 3. The first-order valence-electron chi connectivity index (χ1n) is 5.55. The van der Waals surface area contributed by atoms with Gasteiger partial charge in [-0.2, -0.15) is 0 Å². The van der Waals surface area contributed by atoms with E-state index in [2.05, 4.69) is 61.0 Å². The fraction of sp³-hybridized carbons (Fsp3) is 0.750. The Labute approximate surface area is 111 Å². The van der Waals surface area contributed by atoms with Crippen molar-refractivity contribution < 1.29 is 0 Å². The molecule has 0 aliphatic rings. The quantitative estimate of drug-likeness (QED) is 0.789. The van der Waals surface area contributed by atoms with Gasteiger partial charge in [0.05, 0.1) is 12.2 Å². The fourth-order valence-corrected chi connectivity index (χ4v) is 2.79. The van der Waals surface area contributed by atoms with E-state index in [1.165, 1.54) is 10.7 Å². The first kappa shape index (κ1) is 14.1. The third-order valence-electron chi connectivity index (χ3n) is 2.68. The minimum Gasteiger partial charge on any atom is -0.296 e. The van der Waals surface area contributed by atoms with E-state index < -0.39 is 0 Å². The van der Waals surface area contributed by atoms with Crippen LogP contribution in [0.15, 0.2) is 5.38 Å². The molecule has 1 aromatic rings. The average Bonchev–Trinajstić information content (AvgIpc) is 2.64. The predicted molar refractivity (Wildman–Crippen MR) is 75.5 cm³/mol. The molecule has 1 aromatic heterocycles. The number of rotatable bonds is 4. The first-order chi connectivity index (χ1) is 7.34. The molecule has 0 fully saturated rings. The maximum absolute atomic E-state index is 4.70. The van der Waals surface area contributed by atoms with Crippen LogP contribution in [0.4, 0.5) is 0 Å². The lowest BCUT2D eigenvalue weighted by atomic mass is 9.93. The highest BCUT2D eigenvalue weighted by molar-refractivity contribution is 9.09. The highest BCUT2D eigenvalue weighted by Crippen LogP contribution is 2.24. The second kappa shape index (κ2) is 5.61. The first-order valence-corrected chi connectivity index (χ1v) is 7.55. The number of hydrogen-bond donors (Lipinski definition) is 0. The normalized spacial score (nSPS) is 14.4. The van der Waals surface area contributed by atoms with Gasteiger partial charge < -0.3 is 0 Å². The topological polar surface area (TPSA) is 16.1 Å². The van der Waals surface area contributed by atoms with E-state index in [0.717, 1.165) is 11.9 Å². The third kappa shape index (κ3) is 3.82. The second-order valence-electron chi connectivity index (χ2n) is 5.29. The summed E-state index contributed by atoms with van der Waals surface area (Å²) in [6, 6.07) is 0.544. The highest BCUT2D eigenvalue weighted by atomic mass is 79.9. The van der Waals surface area contributed by atoms with Gasteiger partial charge in [-0.15, -0.1) is 11.3 Å². The largest absolute Gasteiger partial charge is 0.296 e. The van der Waals surface area contributed by atoms with Crippen molar-refractivity contribution >= 4 is 27.3 Å². The Bertz CT molecular complexity index is 330. The molecule has 0 aromatic carbocycles. The molecule has 0 radical (unpaired) electrons. The Kier molecular flexibility index (Phi) is 4.95. The van der Waals surface area contributed by atoms with Crippen molar-refractivity contribution in [2.24, 2.45) is 0 Å². The van der Waals surface area contributed by atoms with Gasteiger partial charge in [0.2, 0.25) is 0 Å². The molecule has 0 spiro atoms. The molecule has 4 heteroatoms. The van der Waals surface area contributed by atoms with Gasteiger partial charge in [-0.05, 0) is 14.0 Å². The van der Waals surface area contributed by atoms with E-state index in [9.17, 15) is 0 Å². The summed E-state index contributed by atoms with van der Waals surface area (Å²) >= 11 is 5.27. The third-order valence-corrected chi connectivity index (χ3v) is 4.45. The summed E-state index contributed by atoms with van der Waals surface area (Å²) in [6.07, 6.45) is 0. The van der Waals surface area contributed by atoms with Gasteiger partial charge in [0.15, 0.2) is 0 Å². The van der Waals surface area contributed by atoms with Crippen LogP contribution < -0.4 is 0 Å². The molecule has 0 N–H and O–H groups in total. The number of alkyl halides is 1. The smallest absolute Gasteiger partial charge is 0.107 e. The SMILES string of the molecule is CC(CBr)N(C)Cc1nc(C(C)(C)C)cs1. The summed E-state index contributed by atoms with van der Waals surface area (Å²) in [6.45, 7) is 9.77. The maximum Gasteiger partial charge on any atom is 0.107 e. The van der Waals surface area contributed by atoms with Crippen molar-refractivity contribution in [1.82, 2.24) is 9.88 Å². The number of halogens is 1. The lowest BCUT2D eigenvalue weighted by molar-refractivity contribution is 0.270. The van der Waals surface area contributed by atoms with Crippen molar-refractivity contribution in [2.45, 2.75) is 45.7 Å². The molecule has 0 aliphatic heterocycles.